The van der Waals surface area contributed by atoms with Crippen molar-refractivity contribution in [2.45, 2.75) is 31.7 Å². The molecule has 0 unspecified atom stereocenters. The van der Waals surface area contributed by atoms with Crippen molar-refractivity contribution in [1.82, 2.24) is 4.98 Å². The summed E-state index contributed by atoms with van der Waals surface area (Å²) >= 11 is 0. The standard InChI is InChI=1S/C13H16N4O/c14-7-10-5-6-12(8-16-10)17(9-13(15)18)11-3-1-2-4-11/h5-6,8,11H,1-4,9H2,(H2,15,18). The van der Waals surface area contributed by atoms with Gasteiger partial charge in [-0.2, -0.15) is 5.26 Å². The highest BCUT2D eigenvalue weighted by atomic mass is 16.1. The predicted octanol–water partition coefficient (Wildman–Crippen LogP) is 1.19. The second kappa shape index (κ2) is 5.50. The van der Waals surface area contributed by atoms with Crippen molar-refractivity contribution in [1.29, 1.82) is 5.26 Å². The SMILES string of the molecule is N#Cc1ccc(N(CC(N)=O)C2CCCC2)cn1. The van der Waals surface area contributed by atoms with Crippen molar-refractivity contribution in [3.05, 3.63) is 24.0 Å². The number of nitrogens with two attached hydrogens (primary N) is 1. The Morgan fingerprint density at radius 2 is 2.22 bits per heavy atom. The van der Waals surface area contributed by atoms with Crippen molar-refractivity contribution in [3.8, 4) is 6.07 Å². The first kappa shape index (κ1) is 12.4. The number of hydrogen-bond donors (Lipinski definition) is 1. The van der Waals surface area contributed by atoms with E-state index < -0.39 is 0 Å². The van der Waals surface area contributed by atoms with E-state index in [2.05, 4.69) is 4.98 Å². The average molecular weight is 244 g/mol. The van der Waals surface area contributed by atoms with Gasteiger partial charge in [0.1, 0.15) is 11.8 Å². The zero-order valence-electron chi connectivity index (χ0n) is 10.2. The molecule has 0 aromatic carbocycles. The second-order valence-corrected chi connectivity index (χ2v) is 4.55. The molecule has 1 fully saturated rings. The topological polar surface area (TPSA) is 83.0 Å². The molecule has 2 N–H and O–H groups in total. The molecular formula is C13H16N4O. The van der Waals surface area contributed by atoms with Gasteiger partial charge in [-0.15, -0.1) is 0 Å². The summed E-state index contributed by atoms with van der Waals surface area (Å²) < 4.78 is 0. The van der Waals surface area contributed by atoms with Crippen LogP contribution >= 0.6 is 0 Å². The largest absolute Gasteiger partial charge is 0.368 e. The number of rotatable bonds is 4. The fourth-order valence-electron chi connectivity index (χ4n) is 2.44. The third kappa shape index (κ3) is 2.77. The number of amides is 1. The van der Waals surface area contributed by atoms with Crippen LogP contribution in [0.4, 0.5) is 5.69 Å². The lowest BCUT2D eigenvalue weighted by molar-refractivity contribution is -0.116. The Morgan fingerprint density at radius 1 is 1.50 bits per heavy atom. The van der Waals surface area contributed by atoms with Crippen LogP contribution in [0.5, 0.6) is 0 Å². The summed E-state index contributed by atoms with van der Waals surface area (Å²) in [5, 5.41) is 8.72. The quantitative estimate of drug-likeness (QED) is 0.862. The van der Waals surface area contributed by atoms with Gasteiger partial charge < -0.3 is 10.6 Å². The van der Waals surface area contributed by atoms with E-state index in [4.69, 9.17) is 11.0 Å². The third-order valence-electron chi connectivity index (χ3n) is 3.29. The van der Waals surface area contributed by atoms with Crippen LogP contribution in [0.1, 0.15) is 31.4 Å². The normalized spacial score (nSPS) is 15.3. The Kier molecular flexibility index (Phi) is 3.78. The van der Waals surface area contributed by atoms with Crippen LogP contribution in [-0.2, 0) is 4.79 Å². The highest BCUT2D eigenvalue weighted by molar-refractivity contribution is 5.79. The van der Waals surface area contributed by atoms with Crippen LogP contribution < -0.4 is 10.6 Å². The first-order valence-electron chi connectivity index (χ1n) is 6.12. The minimum atomic E-state index is -0.341. The van der Waals surface area contributed by atoms with Crippen LogP contribution in [0.3, 0.4) is 0 Å². The van der Waals surface area contributed by atoms with E-state index >= 15 is 0 Å². The molecule has 1 aliphatic rings. The first-order valence-corrected chi connectivity index (χ1v) is 6.12. The number of nitriles is 1. The molecular weight excluding hydrogens is 228 g/mol. The molecule has 0 spiro atoms. The summed E-state index contributed by atoms with van der Waals surface area (Å²) in [6, 6.07) is 5.83. The van der Waals surface area contributed by atoms with E-state index in [1.807, 2.05) is 17.0 Å². The Bertz CT molecular complexity index is 457. The fourth-order valence-corrected chi connectivity index (χ4v) is 2.44. The van der Waals surface area contributed by atoms with Gasteiger partial charge in [-0.05, 0) is 25.0 Å². The second-order valence-electron chi connectivity index (χ2n) is 4.55. The molecule has 5 nitrogen and oxygen atoms in total. The van der Waals surface area contributed by atoms with E-state index in [-0.39, 0.29) is 12.5 Å². The number of nitrogens with zero attached hydrogens (tertiary/aromatic N) is 3. The molecule has 1 amide bonds. The van der Waals surface area contributed by atoms with E-state index in [0.717, 1.165) is 18.5 Å². The lowest BCUT2D eigenvalue weighted by Crippen LogP contribution is -2.40. The number of carbonyl (C=O) groups excluding carboxylic acids is 1. The van der Waals surface area contributed by atoms with E-state index in [1.165, 1.54) is 12.8 Å². The zero-order chi connectivity index (χ0) is 13.0. The lowest BCUT2D eigenvalue weighted by atomic mass is 10.2. The number of hydrogen-bond acceptors (Lipinski definition) is 4. The maximum atomic E-state index is 11.2. The van der Waals surface area contributed by atoms with Crippen molar-refractivity contribution >= 4 is 11.6 Å². The summed E-state index contributed by atoms with van der Waals surface area (Å²) in [5.74, 6) is -0.341. The van der Waals surface area contributed by atoms with E-state index in [1.54, 1.807) is 12.3 Å². The summed E-state index contributed by atoms with van der Waals surface area (Å²) in [4.78, 5) is 17.2. The number of anilines is 1. The van der Waals surface area contributed by atoms with Gasteiger partial charge in [0.15, 0.2) is 0 Å². The molecule has 0 radical (unpaired) electrons. The van der Waals surface area contributed by atoms with Crippen molar-refractivity contribution in [2.24, 2.45) is 5.73 Å². The number of pyridine rings is 1. The van der Waals surface area contributed by atoms with Gasteiger partial charge in [-0.25, -0.2) is 4.98 Å². The van der Waals surface area contributed by atoms with Crippen LogP contribution in [0.15, 0.2) is 18.3 Å². The fraction of sp³-hybridized carbons (Fsp3) is 0.462. The Balaban J connectivity index is 2.21. The summed E-state index contributed by atoms with van der Waals surface area (Å²) in [6.45, 7) is 0.207. The summed E-state index contributed by atoms with van der Waals surface area (Å²) in [7, 11) is 0. The smallest absolute Gasteiger partial charge is 0.236 e. The number of primary amides is 1. The van der Waals surface area contributed by atoms with E-state index in [0.29, 0.717) is 11.7 Å². The highest BCUT2D eigenvalue weighted by Gasteiger charge is 2.24. The lowest BCUT2D eigenvalue weighted by Gasteiger charge is -2.29. The maximum absolute atomic E-state index is 11.2. The Hall–Kier alpha value is -2.09. The van der Waals surface area contributed by atoms with Gasteiger partial charge in [0, 0.05) is 6.04 Å². The molecule has 1 heterocycles. The molecule has 1 aromatic rings. The van der Waals surface area contributed by atoms with Crippen LogP contribution in [-0.4, -0.2) is 23.5 Å². The molecule has 2 rings (SSSR count). The third-order valence-corrected chi connectivity index (χ3v) is 3.29. The molecule has 1 aliphatic carbocycles. The van der Waals surface area contributed by atoms with Crippen LogP contribution in [0.2, 0.25) is 0 Å². The molecule has 94 valence electrons. The summed E-state index contributed by atoms with van der Waals surface area (Å²) in [5.41, 5.74) is 6.54. The van der Waals surface area contributed by atoms with Gasteiger partial charge in [-0.1, -0.05) is 12.8 Å². The highest BCUT2D eigenvalue weighted by Crippen LogP contribution is 2.27. The summed E-state index contributed by atoms with van der Waals surface area (Å²) in [6.07, 6.45) is 6.16. The number of carbonyl (C=O) groups is 1. The molecule has 0 saturated heterocycles. The number of aromatic nitrogens is 1. The minimum Gasteiger partial charge on any atom is -0.368 e. The molecule has 5 heteroatoms. The minimum absolute atomic E-state index is 0.207. The molecule has 1 aromatic heterocycles. The zero-order valence-corrected chi connectivity index (χ0v) is 10.2. The van der Waals surface area contributed by atoms with Gasteiger partial charge in [-0.3, -0.25) is 4.79 Å². The van der Waals surface area contributed by atoms with Gasteiger partial charge >= 0.3 is 0 Å². The average Bonchev–Trinajstić information content (AvgIpc) is 2.89. The predicted molar refractivity (Wildman–Crippen MR) is 67.7 cm³/mol. The molecule has 0 atom stereocenters. The van der Waals surface area contributed by atoms with Gasteiger partial charge in [0.25, 0.3) is 0 Å². The van der Waals surface area contributed by atoms with Crippen molar-refractivity contribution < 1.29 is 4.79 Å². The molecule has 0 aliphatic heterocycles. The molecule has 1 saturated carbocycles. The Labute approximate surface area is 106 Å². The molecule has 18 heavy (non-hydrogen) atoms. The van der Waals surface area contributed by atoms with Gasteiger partial charge in [0.05, 0.1) is 18.4 Å². The van der Waals surface area contributed by atoms with Crippen molar-refractivity contribution in [2.75, 3.05) is 11.4 Å². The first-order chi connectivity index (χ1) is 8.70. The van der Waals surface area contributed by atoms with Crippen LogP contribution in [0, 0.1) is 11.3 Å². The maximum Gasteiger partial charge on any atom is 0.236 e. The van der Waals surface area contributed by atoms with Crippen molar-refractivity contribution in [3.63, 3.8) is 0 Å². The van der Waals surface area contributed by atoms with E-state index in [9.17, 15) is 4.79 Å². The van der Waals surface area contributed by atoms with Crippen LogP contribution in [0.25, 0.3) is 0 Å². The monoisotopic (exact) mass is 244 g/mol. The Morgan fingerprint density at radius 3 is 2.72 bits per heavy atom. The molecule has 0 bridgehead atoms. The van der Waals surface area contributed by atoms with Gasteiger partial charge in [0.2, 0.25) is 5.91 Å².